The first kappa shape index (κ1) is 13.6. The monoisotopic (exact) mass is 278 g/mol. The van der Waals surface area contributed by atoms with Crippen molar-refractivity contribution in [3.8, 4) is 0 Å². The van der Waals surface area contributed by atoms with Gasteiger partial charge in [0.15, 0.2) is 0 Å². The first-order valence-electron chi connectivity index (χ1n) is 8.00. The second-order valence-corrected chi connectivity index (χ2v) is 7.44. The largest absolute Gasteiger partial charge is 0.309 e. The van der Waals surface area contributed by atoms with Crippen molar-refractivity contribution in [2.75, 3.05) is 6.54 Å². The van der Waals surface area contributed by atoms with Gasteiger partial charge in [-0.1, -0.05) is 20.3 Å². The van der Waals surface area contributed by atoms with Crippen molar-refractivity contribution in [3.63, 3.8) is 0 Å². The Morgan fingerprint density at radius 1 is 1.32 bits per heavy atom. The highest BCUT2D eigenvalue weighted by Crippen LogP contribution is 2.43. The van der Waals surface area contributed by atoms with Gasteiger partial charge in [0.25, 0.3) is 0 Å². The molecule has 3 rings (SSSR count). The van der Waals surface area contributed by atoms with Crippen LogP contribution in [-0.2, 0) is 6.42 Å². The van der Waals surface area contributed by atoms with Crippen molar-refractivity contribution < 1.29 is 0 Å². The molecule has 0 radical (unpaired) electrons. The van der Waals surface area contributed by atoms with Gasteiger partial charge in [-0.25, -0.2) is 4.98 Å². The normalized spacial score (nSPS) is 30.5. The first-order chi connectivity index (χ1) is 9.28. The molecular weight excluding hydrogens is 252 g/mol. The molecule has 19 heavy (non-hydrogen) atoms. The van der Waals surface area contributed by atoms with Crippen molar-refractivity contribution in [3.05, 3.63) is 15.6 Å². The van der Waals surface area contributed by atoms with Gasteiger partial charge in [-0.15, -0.1) is 11.3 Å². The van der Waals surface area contributed by atoms with E-state index in [9.17, 15) is 0 Å². The van der Waals surface area contributed by atoms with Crippen molar-refractivity contribution in [2.24, 2.45) is 5.92 Å². The summed E-state index contributed by atoms with van der Waals surface area (Å²) in [5, 5.41) is 5.15. The molecule has 3 atom stereocenters. The quantitative estimate of drug-likeness (QED) is 0.881. The maximum atomic E-state index is 5.00. The number of thiazole rings is 1. The zero-order chi connectivity index (χ0) is 13.2. The summed E-state index contributed by atoms with van der Waals surface area (Å²) in [7, 11) is 0. The zero-order valence-electron chi connectivity index (χ0n) is 12.2. The number of hydrogen-bond donors (Lipinski definition) is 1. The van der Waals surface area contributed by atoms with Crippen LogP contribution in [0.5, 0.6) is 0 Å². The predicted octanol–water partition coefficient (Wildman–Crippen LogP) is 4.42. The molecule has 0 amide bonds. The van der Waals surface area contributed by atoms with E-state index < -0.39 is 0 Å². The summed E-state index contributed by atoms with van der Waals surface area (Å²) < 4.78 is 0. The van der Waals surface area contributed by atoms with Crippen LogP contribution < -0.4 is 5.32 Å². The van der Waals surface area contributed by atoms with Gasteiger partial charge in [-0.05, 0) is 51.0 Å². The summed E-state index contributed by atoms with van der Waals surface area (Å²) in [5.74, 6) is 1.66. The standard InChI is InChI=1S/C16H26N2S/c1-3-9-17-13-5-4-6-14-15(13)19-16(18-14)12-8-7-11(2)10-12/h11-13,17H,3-10H2,1-2H3. The number of nitrogens with one attached hydrogen (secondary N) is 1. The Morgan fingerprint density at radius 3 is 2.95 bits per heavy atom. The van der Waals surface area contributed by atoms with Crippen LogP contribution in [0, 0.1) is 5.92 Å². The number of nitrogens with zero attached hydrogens (tertiary/aromatic N) is 1. The third-order valence-electron chi connectivity index (χ3n) is 4.65. The smallest absolute Gasteiger partial charge is 0.0962 e. The van der Waals surface area contributed by atoms with Crippen molar-refractivity contribution in [1.29, 1.82) is 0 Å². The van der Waals surface area contributed by atoms with E-state index in [-0.39, 0.29) is 0 Å². The van der Waals surface area contributed by atoms with Crippen LogP contribution in [0.15, 0.2) is 0 Å². The molecule has 1 fully saturated rings. The fourth-order valence-electron chi connectivity index (χ4n) is 3.56. The van der Waals surface area contributed by atoms with Gasteiger partial charge in [0.05, 0.1) is 10.7 Å². The number of aryl methyl sites for hydroxylation is 1. The Hall–Kier alpha value is -0.410. The summed E-state index contributed by atoms with van der Waals surface area (Å²) in [5.41, 5.74) is 1.42. The first-order valence-corrected chi connectivity index (χ1v) is 8.82. The van der Waals surface area contributed by atoms with Crippen LogP contribution in [0.2, 0.25) is 0 Å². The Morgan fingerprint density at radius 2 is 2.21 bits per heavy atom. The molecule has 0 bridgehead atoms. The van der Waals surface area contributed by atoms with E-state index in [0.29, 0.717) is 6.04 Å². The minimum Gasteiger partial charge on any atom is -0.309 e. The lowest BCUT2D eigenvalue weighted by Crippen LogP contribution is -2.24. The molecule has 1 heterocycles. The molecule has 1 aromatic heterocycles. The average Bonchev–Trinajstić information content (AvgIpc) is 3.02. The molecule has 0 aromatic carbocycles. The highest BCUT2D eigenvalue weighted by atomic mass is 32.1. The summed E-state index contributed by atoms with van der Waals surface area (Å²) in [6.45, 7) is 5.77. The van der Waals surface area contributed by atoms with Gasteiger partial charge in [-0.2, -0.15) is 0 Å². The molecule has 106 valence electrons. The SMILES string of the molecule is CCCNC1CCCc2nc(C3CCC(C)C3)sc21. The van der Waals surface area contributed by atoms with E-state index >= 15 is 0 Å². The summed E-state index contributed by atoms with van der Waals surface area (Å²) >= 11 is 2.02. The summed E-state index contributed by atoms with van der Waals surface area (Å²) in [4.78, 5) is 6.57. The second-order valence-electron chi connectivity index (χ2n) is 6.38. The third kappa shape index (κ3) is 2.87. The summed E-state index contributed by atoms with van der Waals surface area (Å²) in [6, 6.07) is 0.591. The third-order valence-corrected chi connectivity index (χ3v) is 6.03. The van der Waals surface area contributed by atoms with Gasteiger partial charge in [-0.3, -0.25) is 0 Å². The fourth-order valence-corrected chi connectivity index (χ4v) is 4.93. The topological polar surface area (TPSA) is 24.9 Å². The second kappa shape index (κ2) is 5.92. The molecule has 3 heteroatoms. The van der Waals surface area contributed by atoms with Crippen LogP contribution in [0.1, 0.15) is 79.9 Å². The zero-order valence-corrected chi connectivity index (χ0v) is 13.1. The Labute approximate surface area is 121 Å². The molecule has 3 unspecified atom stereocenters. The molecule has 2 aliphatic carbocycles. The number of hydrogen-bond acceptors (Lipinski definition) is 3. The number of rotatable bonds is 4. The van der Waals surface area contributed by atoms with Crippen LogP contribution in [0.25, 0.3) is 0 Å². The molecule has 0 spiro atoms. The molecule has 2 aliphatic rings. The Kier molecular flexibility index (Phi) is 4.23. The van der Waals surface area contributed by atoms with Crippen LogP contribution in [-0.4, -0.2) is 11.5 Å². The van der Waals surface area contributed by atoms with E-state index in [2.05, 4.69) is 19.2 Å². The van der Waals surface area contributed by atoms with Gasteiger partial charge >= 0.3 is 0 Å². The number of aromatic nitrogens is 1. The molecule has 0 saturated heterocycles. The minimum absolute atomic E-state index is 0.591. The number of fused-ring (bicyclic) bond motifs is 1. The molecule has 1 N–H and O–H groups in total. The van der Waals surface area contributed by atoms with Crippen LogP contribution >= 0.6 is 11.3 Å². The van der Waals surface area contributed by atoms with E-state index in [1.807, 2.05) is 11.3 Å². The maximum Gasteiger partial charge on any atom is 0.0962 e. The lowest BCUT2D eigenvalue weighted by molar-refractivity contribution is 0.464. The molecular formula is C16H26N2S. The maximum absolute atomic E-state index is 5.00. The molecule has 0 aliphatic heterocycles. The lowest BCUT2D eigenvalue weighted by Gasteiger charge is -2.22. The van der Waals surface area contributed by atoms with Crippen LogP contribution in [0.3, 0.4) is 0 Å². The highest BCUT2D eigenvalue weighted by Gasteiger charge is 2.29. The molecule has 2 nitrogen and oxygen atoms in total. The van der Waals surface area contributed by atoms with Crippen molar-refractivity contribution in [2.45, 2.75) is 70.8 Å². The van der Waals surface area contributed by atoms with Crippen LogP contribution in [0.4, 0.5) is 0 Å². The van der Waals surface area contributed by atoms with E-state index in [1.165, 1.54) is 55.6 Å². The average molecular weight is 278 g/mol. The molecule has 1 aromatic rings. The van der Waals surface area contributed by atoms with E-state index in [0.717, 1.165) is 18.4 Å². The van der Waals surface area contributed by atoms with E-state index in [1.54, 1.807) is 4.88 Å². The molecule has 1 saturated carbocycles. The van der Waals surface area contributed by atoms with Gasteiger partial charge in [0.2, 0.25) is 0 Å². The minimum atomic E-state index is 0.591. The highest BCUT2D eigenvalue weighted by molar-refractivity contribution is 7.12. The van der Waals surface area contributed by atoms with Crippen molar-refractivity contribution in [1.82, 2.24) is 10.3 Å². The van der Waals surface area contributed by atoms with Gasteiger partial charge < -0.3 is 5.32 Å². The van der Waals surface area contributed by atoms with E-state index in [4.69, 9.17) is 4.98 Å². The Balaban J connectivity index is 1.77. The predicted molar refractivity (Wildman–Crippen MR) is 81.8 cm³/mol. The van der Waals surface area contributed by atoms with Crippen molar-refractivity contribution >= 4 is 11.3 Å². The van der Waals surface area contributed by atoms with Gasteiger partial charge in [0.1, 0.15) is 0 Å². The fraction of sp³-hybridized carbons (Fsp3) is 0.812. The Bertz CT molecular complexity index is 426. The summed E-state index contributed by atoms with van der Waals surface area (Å²) in [6.07, 6.45) is 9.15. The van der Waals surface area contributed by atoms with Gasteiger partial charge in [0, 0.05) is 16.8 Å². The lowest BCUT2D eigenvalue weighted by atomic mass is 9.98.